The van der Waals surface area contributed by atoms with Gasteiger partial charge in [0.15, 0.2) is 0 Å². The number of carbonyl (C=O) groups excluding carboxylic acids is 3. The van der Waals surface area contributed by atoms with E-state index in [4.69, 9.17) is 19.9 Å². The van der Waals surface area contributed by atoms with E-state index in [-0.39, 0.29) is 25.1 Å². The van der Waals surface area contributed by atoms with Crippen LogP contribution in [0, 0.1) is 5.92 Å². The third-order valence-electron chi connectivity index (χ3n) is 5.56. The zero-order chi connectivity index (χ0) is 30.7. The Morgan fingerprint density at radius 2 is 1.40 bits per heavy atom. The van der Waals surface area contributed by atoms with Crippen molar-refractivity contribution >= 4 is 18.0 Å². The summed E-state index contributed by atoms with van der Waals surface area (Å²) in [4.78, 5) is 41.1. The Kier molecular flexibility index (Phi) is 13.4. The standard InChI is InChI=1S/C31H53N3O6/c1-11-12-13-18-34(21-23(20-32)26(35)39-30(5,6)7)28(37)33-25(27(36)40-31(8,9)10)19-22-14-16-24(17-15-22)38-29(2,3)4/h14-17,23,25H,11-13,18-21,32H2,1-10H3,(H,33,37)/t23-,25+/m1/s1. The lowest BCUT2D eigenvalue weighted by Crippen LogP contribution is -2.52. The van der Waals surface area contributed by atoms with Gasteiger partial charge in [-0.15, -0.1) is 0 Å². The lowest BCUT2D eigenvalue weighted by Gasteiger charge is -2.31. The normalized spacial score (nSPS) is 13.7. The molecule has 0 heterocycles. The lowest BCUT2D eigenvalue weighted by molar-refractivity contribution is -0.160. The van der Waals surface area contributed by atoms with Crippen LogP contribution in [0.3, 0.4) is 0 Å². The SMILES string of the molecule is CCCCCN(C[C@@H](CN)C(=O)OC(C)(C)C)C(=O)N[C@@H](Cc1ccc(OC(C)(C)C)cc1)C(=O)OC(C)(C)C. The largest absolute Gasteiger partial charge is 0.488 e. The van der Waals surface area contributed by atoms with Gasteiger partial charge in [-0.05, 0) is 86.4 Å². The van der Waals surface area contributed by atoms with Crippen molar-refractivity contribution in [1.82, 2.24) is 10.2 Å². The Bertz CT molecular complexity index is 942. The highest BCUT2D eigenvalue weighted by atomic mass is 16.6. The van der Waals surface area contributed by atoms with Gasteiger partial charge in [0, 0.05) is 26.1 Å². The van der Waals surface area contributed by atoms with Crippen LogP contribution in [0.5, 0.6) is 5.75 Å². The molecule has 1 aromatic rings. The Hall–Kier alpha value is -2.81. The Morgan fingerprint density at radius 1 is 0.850 bits per heavy atom. The molecule has 1 aromatic carbocycles. The highest BCUT2D eigenvalue weighted by molar-refractivity contribution is 5.84. The molecule has 0 unspecified atom stereocenters. The minimum Gasteiger partial charge on any atom is -0.488 e. The molecule has 2 amide bonds. The number of amides is 2. The first-order chi connectivity index (χ1) is 18.3. The number of hydrogen-bond donors (Lipinski definition) is 2. The fourth-order valence-corrected chi connectivity index (χ4v) is 3.81. The number of rotatable bonds is 13. The maximum Gasteiger partial charge on any atom is 0.329 e. The molecule has 0 aliphatic heterocycles. The molecule has 0 aliphatic carbocycles. The summed E-state index contributed by atoms with van der Waals surface area (Å²) < 4.78 is 17.1. The van der Waals surface area contributed by atoms with Crippen molar-refractivity contribution in [3.8, 4) is 5.75 Å². The van der Waals surface area contributed by atoms with E-state index in [9.17, 15) is 14.4 Å². The van der Waals surface area contributed by atoms with E-state index < -0.39 is 41.1 Å². The summed E-state index contributed by atoms with van der Waals surface area (Å²) in [6.07, 6.45) is 2.87. The molecule has 0 radical (unpaired) electrons. The van der Waals surface area contributed by atoms with Crippen LogP contribution >= 0.6 is 0 Å². The van der Waals surface area contributed by atoms with Crippen LogP contribution in [-0.4, -0.2) is 65.3 Å². The van der Waals surface area contributed by atoms with Crippen LogP contribution in [0.15, 0.2) is 24.3 Å². The third kappa shape index (κ3) is 14.5. The number of esters is 2. The first-order valence-electron chi connectivity index (χ1n) is 14.3. The zero-order valence-electron chi connectivity index (χ0n) is 26.4. The fraction of sp³-hybridized carbons (Fsp3) is 0.710. The average Bonchev–Trinajstić information content (AvgIpc) is 2.78. The van der Waals surface area contributed by atoms with Crippen LogP contribution in [0.1, 0.15) is 94.1 Å². The van der Waals surface area contributed by atoms with Gasteiger partial charge < -0.3 is 30.2 Å². The van der Waals surface area contributed by atoms with Crippen LogP contribution < -0.4 is 15.8 Å². The first kappa shape index (κ1) is 35.2. The molecular weight excluding hydrogens is 510 g/mol. The Morgan fingerprint density at radius 3 is 1.88 bits per heavy atom. The van der Waals surface area contributed by atoms with Crippen molar-refractivity contribution in [3.63, 3.8) is 0 Å². The van der Waals surface area contributed by atoms with Crippen molar-refractivity contribution in [1.29, 1.82) is 0 Å². The van der Waals surface area contributed by atoms with Gasteiger partial charge in [0.2, 0.25) is 0 Å². The van der Waals surface area contributed by atoms with Gasteiger partial charge in [0.05, 0.1) is 5.92 Å². The van der Waals surface area contributed by atoms with Gasteiger partial charge >= 0.3 is 18.0 Å². The number of benzene rings is 1. The number of nitrogens with one attached hydrogen (secondary N) is 1. The van der Waals surface area contributed by atoms with Crippen molar-refractivity contribution in [3.05, 3.63) is 29.8 Å². The summed E-state index contributed by atoms with van der Waals surface area (Å²) in [6.45, 7) is 19.2. The molecule has 228 valence electrons. The van der Waals surface area contributed by atoms with Crippen LogP contribution in [-0.2, 0) is 25.5 Å². The highest BCUT2D eigenvalue weighted by Gasteiger charge is 2.31. The molecule has 0 saturated heterocycles. The molecule has 1 rings (SSSR count). The summed E-state index contributed by atoms with van der Waals surface area (Å²) in [6, 6.07) is 6.04. The third-order valence-corrected chi connectivity index (χ3v) is 5.56. The quantitative estimate of drug-likeness (QED) is 0.249. The van der Waals surface area contributed by atoms with Crippen molar-refractivity contribution in [2.75, 3.05) is 19.6 Å². The van der Waals surface area contributed by atoms with E-state index in [0.29, 0.717) is 12.3 Å². The molecule has 0 bridgehead atoms. The van der Waals surface area contributed by atoms with Gasteiger partial charge in [-0.1, -0.05) is 31.9 Å². The maximum absolute atomic E-state index is 13.6. The van der Waals surface area contributed by atoms with Gasteiger partial charge in [-0.25, -0.2) is 9.59 Å². The van der Waals surface area contributed by atoms with Crippen molar-refractivity contribution in [2.45, 2.75) is 118 Å². The predicted molar refractivity (Wildman–Crippen MR) is 158 cm³/mol. The van der Waals surface area contributed by atoms with Gasteiger partial charge in [-0.2, -0.15) is 0 Å². The van der Waals surface area contributed by atoms with E-state index in [1.165, 1.54) is 0 Å². The minimum absolute atomic E-state index is 0.0327. The van der Waals surface area contributed by atoms with Gasteiger partial charge in [0.1, 0.15) is 28.6 Å². The molecule has 0 fully saturated rings. The number of urea groups is 1. The summed E-state index contributed by atoms with van der Waals surface area (Å²) in [5.41, 5.74) is 5.02. The van der Waals surface area contributed by atoms with Crippen LogP contribution in [0.25, 0.3) is 0 Å². The molecule has 40 heavy (non-hydrogen) atoms. The van der Waals surface area contributed by atoms with E-state index in [2.05, 4.69) is 12.2 Å². The molecule has 0 saturated carbocycles. The van der Waals surface area contributed by atoms with Crippen LogP contribution in [0.2, 0.25) is 0 Å². The second-order valence-electron chi connectivity index (χ2n) is 13.2. The number of nitrogens with two attached hydrogens (primary N) is 1. The Balaban J connectivity index is 3.18. The fourth-order valence-electron chi connectivity index (χ4n) is 3.81. The number of nitrogens with zero attached hydrogens (tertiary/aromatic N) is 1. The number of carbonyl (C=O) groups is 3. The molecule has 9 nitrogen and oxygen atoms in total. The molecule has 2 atom stereocenters. The molecule has 0 aliphatic rings. The van der Waals surface area contributed by atoms with Gasteiger partial charge in [-0.3, -0.25) is 4.79 Å². The second-order valence-corrected chi connectivity index (χ2v) is 13.2. The zero-order valence-corrected chi connectivity index (χ0v) is 26.4. The summed E-state index contributed by atoms with van der Waals surface area (Å²) in [5, 5.41) is 2.87. The summed E-state index contributed by atoms with van der Waals surface area (Å²) >= 11 is 0. The molecule has 9 heteroatoms. The van der Waals surface area contributed by atoms with E-state index >= 15 is 0 Å². The Labute approximate surface area is 241 Å². The van der Waals surface area contributed by atoms with Crippen molar-refractivity contribution in [2.24, 2.45) is 11.7 Å². The molecule has 3 N–H and O–H groups in total. The molecule has 0 aromatic heterocycles. The average molecular weight is 564 g/mol. The van der Waals surface area contributed by atoms with E-state index in [0.717, 1.165) is 24.8 Å². The van der Waals surface area contributed by atoms with Crippen molar-refractivity contribution < 1.29 is 28.6 Å². The van der Waals surface area contributed by atoms with Crippen LogP contribution in [0.4, 0.5) is 4.79 Å². The smallest absolute Gasteiger partial charge is 0.329 e. The number of ether oxygens (including phenoxy) is 3. The highest BCUT2D eigenvalue weighted by Crippen LogP contribution is 2.20. The molecular formula is C31H53N3O6. The first-order valence-corrected chi connectivity index (χ1v) is 14.3. The summed E-state index contributed by atoms with van der Waals surface area (Å²) in [7, 11) is 0. The number of hydrogen-bond acceptors (Lipinski definition) is 7. The van der Waals surface area contributed by atoms with E-state index in [1.54, 1.807) is 46.4 Å². The minimum atomic E-state index is -0.937. The topological polar surface area (TPSA) is 120 Å². The monoisotopic (exact) mass is 563 g/mol. The maximum atomic E-state index is 13.6. The summed E-state index contributed by atoms with van der Waals surface area (Å²) in [5.74, 6) is -0.968. The van der Waals surface area contributed by atoms with Gasteiger partial charge in [0.25, 0.3) is 0 Å². The van der Waals surface area contributed by atoms with E-state index in [1.807, 2.05) is 45.0 Å². The molecule has 0 spiro atoms. The number of unbranched alkanes of at least 4 members (excludes halogenated alkanes) is 2. The predicted octanol–water partition coefficient (Wildman–Crippen LogP) is 5.24. The second kappa shape index (κ2) is 15.3. The lowest BCUT2D eigenvalue weighted by atomic mass is 10.0.